The Hall–Kier alpha value is -3.42. The summed E-state index contributed by atoms with van der Waals surface area (Å²) in [6, 6.07) is 12.1. The number of allylic oxidation sites excluding steroid dienone is 1. The van der Waals surface area contributed by atoms with E-state index in [1.807, 2.05) is 18.2 Å². The lowest BCUT2D eigenvalue weighted by Crippen LogP contribution is -2.43. The third-order valence-corrected chi connectivity index (χ3v) is 9.71. The molecule has 1 N–H and O–H groups in total. The van der Waals surface area contributed by atoms with Crippen molar-refractivity contribution in [3.63, 3.8) is 0 Å². The van der Waals surface area contributed by atoms with Crippen molar-refractivity contribution >= 4 is 35.2 Å². The third-order valence-electron chi connectivity index (χ3n) is 9.08. The van der Waals surface area contributed by atoms with Crippen LogP contribution in [0.1, 0.15) is 84.9 Å². The van der Waals surface area contributed by atoms with Gasteiger partial charge in [-0.2, -0.15) is 4.98 Å². The Morgan fingerprint density at radius 1 is 0.925 bits per heavy atom. The van der Waals surface area contributed by atoms with E-state index < -0.39 is 5.97 Å². The Bertz CT molecular complexity index is 1590. The van der Waals surface area contributed by atoms with Crippen LogP contribution < -0.4 is 0 Å². The normalized spacial score (nSPS) is 24.1. The molecule has 4 aromatic rings. The molecule has 0 radical (unpaired) electrons. The number of nitrogens with zero attached hydrogens (tertiary/aromatic N) is 3. The van der Waals surface area contributed by atoms with E-state index in [1.54, 1.807) is 24.3 Å². The van der Waals surface area contributed by atoms with Crippen LogP contribution in [0.5, 0.6) is 0 Å². The fourth-order valence-electron chi connectivity index (χ4n) is 6.38. The SMILES string of the molecule is O=C(O)c1ccc(-c2noc(C34CCC(/C=C/c5c(-c6c(Cl)cccc6Cl)noc5C5CC5)(CC3)CC4)n2)cc1. The van der Waals surface area contributed by atoms with E-state index in [-0.39, 0.29) is 16.4 Å². The molecule has 4 fully saturated rings. The molecule has 40 heavy (non-hydrogen) atoms. The van der Waals surface area contributed by atoms with Crippen molar-refractivity contribution in [2.24, 2.45) is 5.41 Å². The number of rotatable bonds is 7. The van der Waals surface area contributed by atoms with Gasteiger partial charge in [0.05, 0.1) is 15.6 Å². The van der Waals surface area contributed by atoms with Crippen molar-refractivity contribution in [2.45, 2.75) is 62.7 Å². The quantitative estimate of drug-likeness (QED) is 0.235. The molecule has 204 valence electrons. The summed E-state index contributed by atoms with van der Waals surface area (Å²) in [7, 11) is 0. The van der Waals surface area contributed by atoms with Gasteiger partial charge in [-0.3, -0.25) is 0 Å². The molecular formula is C31H27Cl2N3O4. The summed E-state index contributed by atoms with van der Waals surface area (Å²) >= 11 is 13.1. The molecular weight excluding hydrogens is 549 g/mol. The first-order chi connectivity index (χ1) is 19.4. The average molecular weight is 576 g/mol. The Morgan fingerprint density at radius 3 is 2.23 bits per heavy atom. The smallest absolute Gasteiger partial charge is 0.335 e. The first-order valence-corrected chi connectivity index (χ1v) is 14.4. The summed E-state index contributed by atoms with van der Waals surface area (Å²) in [5.41, 5.74) is 3.37. The van der Waals surface area contributed by atoms with Crippen LogP contribution in [0.15, 0.2) is 57.6 Å². The van der Waals surface area contributed by atoms with Crippen LogP contribution in [0.25, 0.3) is 28.7 Å². The number of fused-ring (bicyclic) bond motifs is 3. The van der Waals surface area contributed by atoms with Crippen molar-refractivity contribution in [3.8, 4) is 22.6 Å². The highest BCUT2D eigenvalue weighted by Gasteiger charge is 2.51. The Kier molecular flexibility index (Phi) is 6.13. The molecule has 4 saturated carbocycles. The standard InChI is InChI=1S/C31H27Cl2N3O4/c32-22-2-1-3-23(33)24(22)25-21(26(39-35-25)18-4-5-18)10-11-30-12-15-31(16-13-30,17-14-30)29-34-27(36-40-29)19-6-8-20(9-7-19)28(37)38/h1-3,6-11,18H,4-5,12-17H2,(H,37,38)/b11-10+. The van der Waals surface area contributed by atoms with Crippen molar-refractivity contribution < 1.29 is 18.9 Å². The Morgan fingerprint density at radius 2 is 1.60 bits per heavy atom. The highest BCUT2D eigenvalue weighted by molar-refractivity contribution is 6.39. The predicted molar refractivity (Wildman–Crippen MR) is 151 cm³/mol. The Balaban J connectivity index is 1.12. The second-order valence-electron chi connectivity index (χ2n) is 11.5. The monoisotopic (exact) mass is 575 g/mol. The van der Waals surface area contributed by atoms with Gasteiger partial charge < -0.3 is 14.2 Å². The minimum Gasteiger partial charge on any atom is -0.478 e. The fraction of sp³-hybridized carbons (Fsp3) is 0.355. The second kappa shape index (κ2) is 9.60. The number of halogens is 2. The van der Waals surface area contributed by atoms with Crippen molar-refractivity contribution in [1.82, 2.24) is 15.3 Å². The number of carboxylic acid groups (broad SMARTS) is 1. The fourth-order valence-corrected chi connectivity index (χ4v) is 6.96. The van der Waals surface area contributed by atoms with E-state index >= 15 is 0 Å². The molecule has 0 amide bonds. The molecule has 7 nitrogen and oxygen atoms in total. The van der Waals surface area contributed by atoms with Gasteiger partial charge in [-0.05, 0) is 81.0 Å². The van der Waals surface area contributed by atoms with E-state index in [4.69, 9.17) is 42.3 Å². The number of hydrogen-bond donors (Lipinski definition) is 1. The van der Waals surface area contributed by atoms with Crippen LogP contribution in [0.3, 0.4) is 0 Å². The summed E-state index contributed by atoms with van der Waals surface area (Å²) in [4.78, 5) is 15.9. The first-order valence-electron chi connectivity index (χ1n) is 13.7. The molecule has 4 aliphatic carbocycles. The molecule has 4 aliphatic rings. The van der Waals surface area contributed by atoms with Gasteiger partial charge in [0.25, 0.3) is 0 Å². The maximum atomic E-state index is 11.2. The zero-order chi connectivity index (χ0) is 27.5. The number of aromatic nitrogens is 3. The first kappa shape index (κ1) is 25.5. The summed E-state index contributed by atoms with van der Waals surface area (Å²) < 4.78 is 11.7. The highest BCUT2D eigenvalue weighted by atomic mass is 35.5. The van der Waals surface area contributed by atoms with Crippen LogP contribution in [0.4, 0.5) is 0 Å². The summed E-state index contributed by atoms with van der Waals surface area (Å²) in [6.07, 6.45) is 12.8. The maximum Gasteiger partial charge on any atom is 0.335 e. The lowest BCUT2D eigenvalue weighted by molar-refractivity contribution is 0.0569. The Labute approximate surface area is 241 Å². The number of benzene rings is 2. The molecule has 0 spiro atoms. The second-order valence-corrected chi connectivity index (χ2v) is 12.3. The summed E-state index contributed by atoms with van der Waals surface area (Å²) in [6.45, 7) is 0. The van der Waals surface area contributed by atoms with Crippen molar-refractivity contribution in [2.75, 3.05) is 0 Å². The molecule has 0 unspecified atom stereocenters. The number of carbonyl (C=O) groups is 1. The van der Waals surface area contributed by atoms with Gasteiger partial charge in [-0.1, -0.05) is 63.9 Å². The number of hydrogen-bond acceptors (Lipinski definition) is 6. The van der Waals surface area contributed by atoms with Gasteiger partial charge in [-0.25, -0.2) is 4.79 Å². The lowest BCUT2D eigenvalue weighted by atomic mass is 9.53. The van der Waals surface area contributed by atoms with E-state index in [2.05, 4.69) is 22.5 Å². The van der Waals surface area contributed by atoms with Crippen LogP contribution in [-0.4, -0.2) is 26.4 Å². The van der Waals surface area contributed by atoms with E-state index in [0.29, 0.717) is 33.4 Å². The zero-order valence-corrected chi connectivity index (χ0v) is 23.2. The molecule has 2 bridgehead atoms. The molecule has 0 atom stereocenters. The topological polar surface area (TPSA) is 102 Å². The van der Waals surface area contributed by atoms with Crippen LogP contribution in [0, 0.1) is 5.41 Å². The summed E-state index contributed by atoms with van der Waals surface area (Å²) in [5, 5.41) is 18.9. The van der Waals surface area contributed by atoms with Gasteiger partial charge in [0, 0.05) is 28.0 Å². The average Bonchev–Trinajstić information content (AvgIpc) is 3.53. The van der Waals surface area contributed by atoms with Gasteiger partial charge in [0.1, 0.15) is 11.5 Å². The van der Waals surface area contributed by atoms with Crippen LogP contribution in [-0.2, 0) is 5.41 Å². The highest BCUT2D eigenvalue weighted by Crippen LogP contribution is 2.58. The number of aromatic carboxylic acids is 1. The predicted octanol–water partition coefficient (Wildman–Crippen LogP) is 8.58. The number of carboxylic acids is 1. The molecule has 2 heterocycles. The van der Waals surface area contributed by atoms with Crippen molar-refractivity contribution in [3.05, 3.63) is 81.4 Å². The third kappa shape index (κ3) is 4.36. The molecule has 8 rings (SSSR count). The molecule has 0 saturated heterocycles. The molecule has 0 aliphatic heterocycles. The molecule has 2 aromatic heterocycles. The minimum atomic E-state index is -0.960. The maximum absolute atomic E-state index is 11.2. The van der Waals surface area contributed by atoms with Crippen molar-refractivity contribution in [1.29, 1.82) is 0 Å². The van der Waals surface area contributed by atoms with Gasteiger partial charge in [0.2, 0.25) is 11.7 Å². The molecule has 9 heteroatoms. The zero-order valence-electron chi connectivity index (χ0n) is 21.7. The largest absolute Gasteiger partial charge is 0.478 e. The van der Waals surface area contributed by atoms with Gasteiger partial charge in [-0.15, -0.1) is 0 Å². The summed E-state index contributed by atoms with van der Waals surface area (Å²) in [5.74, 6) is 1.55. The van der Waals surface area contributed by atoms with Crippen LogP contribution >= 0.6 is 23.2 Å². The van der Waals surface area contributed by atoms with Gasteiger partial charge >= 0.3 is 5.97 Å². The van der Waals surface area contributed by atoms with Crippen LogP contribution in [0.2, 0.25) is 10.0 Å². The lowest BCUT2D eigenvalue weighted by Gasteiger charge is -2.50. The van der Waals surface area contributed by atoms with Gasteiger partial charge in [0.15, 0.2) is 0 Å². The minimum absolute atomic E-state index is 0.0941. The van der Waals surface area contributed by atoms with E-state index in [1.165, 1.54) is 0 Å². The van der Waals surface area contributed by atoms with E-state index in [9.17, 15) is 4.79 Å². The van der Waals surface area contributed by atoms with E-state index in [0.717, 1.165) is 73.8 Å². The molecule has 2 aromatic carbocycles.